The van der Waals surface area contributed by atoms with Crippen LogP contribution in [0, 0.1) is 0 Å². The van der Waals surface area contributed by atoms with Gasteiger partial charge in [0.1, 0.15) is 0 Å². The van der Waals surface area contributed by atoms with Crippen molar-refractivity contribution in [1.29, 1.82) is 0 Å². The number of aromatic nitrogens is 2. The van der Waals surface area contributed by atoms with E-state index in [0.717, 1.165) is 10.7 Å². The van der Waals surface area contributed by atoms with Gasteiger partial charge in [-0.2, -0.15) is 18.3 Å². The Morgan fingerprint density at radius 1 is 1.50 bits per heavy atom. The monoisotopic (exact) mass is 183 g/mol. The first-order valence-corrected chi connectivity index (χ1v) is 3.16. The van der Waals surface area contributed by atoms with Crippen LogP contribution in [-0.2, 0) is 19.9 Å². The predicted molar refractivity (Wildman–Crippen MR) is 31.8 cm³/mol. The lowest BCUT2D eigenvalue weighted by atomic mass is 10.3. The molecule has 0 radical (unpaired) electrons. The summed E-state index contributed by atoms with van der Waals surface area (Å²) in [5, 5.41) is 1.99. The molecule has 0 amide bonds. The van der Waals surface area contributed by atoms with Gasteiger partial charge in [-0.3, -0.25) is 0 Å². The van der Waals surface area contributed by atoms with Crippen LogP contribution in [0.5, 0.6) is 0 Å². The molecule has 0 aliphatic rings. The van der Waals surface area contributed by atoms with Gasteiger partial charge in [-0.05, 0) is 0 Å². The largest absolute Gasteiger partial charge is 0.436 e. The van der Waals surface area contributed by atoms with E-state index in [2.05, 4.69) is 0 Å². The Hall–Kier alpha value is -1.07. The van der Waals surface area contributed by atoms with Crippen LogP contribution in [0.25, 0.3) is 0 Å². The molecule has 12 heavy (non-hydrogen) atoms. The second kappa shape index (κ2) is 2.76. The lowest BCUT2D eigenvalue weighted by Gasteiger charge is -1.97. The van der Waals surface area contributed by atoms with Gasteiger partial charge in [0.15, 0.2) is 19.4 Å². The summed E-state index contributed by atoms with van der Waals surface area (Å²) in [4.78, 5) is 0. The third-order valence-electron chi connectivity index (χ3n) is 1.47. The van der Waals surface area contributed by atoms with E-state index in [0.29, 0.717) is 0 Å². The Bertz CT molecular complexity index is 276. The van der Waals surface area contributed by atoms with Crippen LogP contribution in [0.2, 0.25) is 0 Å². The van der Waals surface area contributed by atoms with E-state index in [-0.39, 0.29) is 5.69 Å². The molecule has 1 aromatic heterocycles. The molecule has 0 aromatic carbocycles. The van der Waals surface area contributed by atoms with Crippen LogP contribution in [0.3, 0.4) is 0 Å². The highest BCUT2D eigenvalue weighted by Gasteiger charge is 2.36. The smallest absolute Gasteiger partial charge is 0.239 e. The molecule has 68 valence electrons. The van der Waals surface area contributed by atoms with Crippen LogP contribution >= 0.6 is 0 Å². The van der Waals surface area contributed by atoms with Gasteiger partial charge in [-0.1, -0.05) is 0 Å². The molecule has 1 rings (SSSR count). The predicted octanol–water partition coefficient (Wildman–Crippen LogP) is 1.33. The number of halogens is 4. The number of H-pyrrole nitrogens is 1. The fourth-order valence-electron chi connectivity index (χ4n) is 0.822. The molecule has 1 N–H and O–H groups in total. The molecule has 0 fully saturated rings. The van der Waals surface area contributed by atoms with E-state index >= 15 is 0 Å². The summed E-state index contributed by atoms with van der Waals surface area (Å²) in [5.41, 5.74) is -0.958. The molecule has 1 aromatic rings. The number of nitrogens with zero attached hydrogens (tertiary/aromatic N) is 1. The summed E-state index contributed by atoms with van der Waals surface area (Å²) in [6.45, 7) is -0.914. The molecule has 2 nitrogen and oxygen atoms in total. The summed E-state index contributed by atoms with van der Waals surface area (Å²) in [7, 11) is 1.32. The minimum atomic E-state index is -4.44. The summed E-state index contributed by atoms with van der Waals surface area (Å²) in [5.74, 6) is 0. The summed E-state index contributed by atoms with van der Waals surface area (Å²) in [6, 6.07) is 0.750. The number of nitrogens with one attached hydrogen (secondary N) is 1. The number of aryl methyl sites for hydroxylation is 1. The second-order valence-electron chi connectivity index (χ2n) is 2.35. The molecule has 0 bridgehead atoms. The van der Waals surface area contributed by atoms with Gasteiger partial charge in [-0.25, -0.2) is 4.39 Å². The Kier molecular flexibility index (Phi) is 2.08. The normalized spacial score (nSPS) is 12.1. The molecular weight excluding hydrogens is 176 g/mol. The van der Waals surface area contributed by atoms with Crippen LogP contribution in [0.4, 0.5) is 17.6 Å². The molecule has 0 saturated heterocycles. The van der Waals surface area contributed by atoms with E-state index in [1.54, 1.807) is 0 Å². The molecule has 0 aliphatic carbocycles. The fraction of sp³-hybridized carbons (Fsp3) is 0.500. The highest BCUT2D eigenvalue weighted by molar-refractivity contribution is 5.06. The first kappa shape index (κ1) is 9.02. The molecule has 0 atom stereocenters. The number of hydrogen-bond donors (Lipinski definition) is 1. The Morgan fingerprint density at radius 2 is 2.08 bits per heavy atom. The number of alkyl halides is 4. The number of hydrogen-bond acceptors (Lipinski definition) is 0. The maximum Gasteiger partial charge on any atom is 0.436 e. The highest BCUT2D eigenvalue weighted by atomic mass is 19.4. The van der Waals surface area contributed by atoms with E-state index < -0.39 is 18.5 Å². The third kappa shape index (κ3) is 1.57. The Balaban J connectivity index is 3.05. The standard InChI is InChI=1S/C6H6F4N2/c1-12-4(3-7)2-5(11-12)6(8,9)10/h2H,3H2,1H3/p+1. The lowest BCUT2D eigenvalue weighted by molar-refractivity contribution is -0.735. The molecule has 0 spiro atoms. The van der Waals surface area contributed by atoms with E-state index in [1.165, 1.54) is 7.05 Å². The van der Waals surface area contributed by atoms with Crippen molar-refractivity contribution in [3.05, 3.63) is 17.5 Å². The highest BCUT2D eigenvalue weighted by Crippen LogP contribution is 2.27. The second-order valence-corrected chi connectivity index (χ2v) is 2.35. The van der Waals surface area contributed by atoms with Crippen LogP contribution < -0.4 is 4.68 Å². The average molecular weight is 183 g/mol. The van der Waals surface area contributed by atoms with E-state index in [9.17, 15) is 17.6 Å². The van der Waals surface area contributed by atoms with Gasteiger partial charge < -0.3 is 0 Å². The minimum Gasteiger partial charge on any atom is -0.239 e. The first-order valence-electron chi connectivity index (χ1n) is 3.16. The SMILES string of the molecule is C[n+]1[nH]c(C(F)(F)F)cc1CF. The maximum absolute atomic E-state index is 12.0. The first-order chi connectivity index (χ1) is 5.45. The van der Waals surface area contributed by atoms with E-state index in [4.69, 9.17) is 0 Å². The zero-order valence-electron chi connectivity index (χ0n) is 6.24. The van der Waals surface area contributed by atoms with Crippen LogP contribution in [0.15, 0.2) is 6.07 Å². The van der Waals surface area contributed by atoms with Crippen molar-refractivity contribution in [1.82, 2.24) is 5.10 Å². The maximum atomic E-state index is 12.0. The number of aromatic amines is 1. The van der Waals surface area contributed by atoms with Crippen LogP contribution in [-0.4, -0.2) is 5.10 Å². The van der Waals surface area contributed by atoms with Gasteiger partial charge in [0.2, 0.25) is 5.69 Å². The van der Waals surface area contributed by atoms with Crippen molar-refractivity contribution < 1.29 is 22.2 Å². The molecule has 1 heterocycles. The topological polar surface area (TPSA) is 19.7 Å². The molecule has 0 saturated carbocycles. The zero-order chi connectivity index (χ0) is 9.35. The summed E-state index contributed by atoms with van der Waals surface area (Å²) < 4.78 is 48.8. The van der Waals surface area contributed by atoms with E-state index in [1.807, 2.05) is 5.10 Å². The minimum absolute atomic E-state index is 0.0256. The molecule has 0 aliphatic heterocycles. The fourth-order valence-corrected chi connectivity index (χ4v) is 0.822. The lowest BCUT2D eigenvalue weighted by Crippen LogP contribution is -2.34. The molecular formula is C6H7F4N2+. The third-order valence-corrected chi connectivity index (χ3v) is 1.47. The quantitative estimate of drug-likeness (QED) is 0.500. The van der Waals surface area contributed by atoms with Gasteiger partial charge in [0.05, 0.1) is 0 Å². The van der Waals surface area contributed by atoms with Crippen LogP contribution in [0.1, 0.15) is 11.4 Å². The van der Waals surface area contributed by atoms with Crippen molar-refractivity contribution >= 4 is 0 Å². The summed E-state index contributed by atoms with van der Waals surface area (Å²) >= 11 is 0. The summed E-state index contributed by atoms with van der Waals surface area (Å²) in [6.07, 6.45) is -4.44. The average Bonchev–Trinajstić information content (AvgIpc) is 2.29. The van der Waals surface area contributed by atoms with Crippen molar-refractivity contribution in [2.24, 2.45) is 7.05 Å². The van der Waals surface area contributed by atoms with Crippen molar-refractivity contribution in [3.63, 3.8) is 0 Å². The van der Waals surface area contributed by atoms with Crippen molar-refractivity contribution in [2.45, 2.75) is 12.9 Å². The van der Waals surface area contributed by atoms with Gasteiger partial charge in [0.25, 0.3) is 0 Å². The Labute approximate surface area is 65.8 Å². The van der Waals surface area contributed by atoms with Crippen molar-refractivity contribution in [2.75, 3.05) is 0 Å². The number of rotatable bonds is 1. The Morgan fingerprint density at radius 3 is 2.33 bits per heavy atom. The van der Waals surface area contributed by atoms with Gasteiger partial charge >= 0.3 is 6.18 Å². The molecule has 0 unspecified atom stereocenters. The van der Waals surface area contributed by atoms with Gasteiger partial charge in [0, 0.05) is 6.07 Å². The molecule has 6 heteroatoms. The van der Waals surface area contributed by atoms with Crippen molar-refractivity contribution in [3.8, 4) is 0 Å². The zero-order valence-corrected chi connectivity index (χ0v) is 6.24. The van der Waals surface area contributed by atoms with Gasteiger partial charge in [-0.15, -0.1) is 4.68 Å².